The van der Waals surface area contributed by atoms with Crippen molar-refractivity contribution in [3.05, 3.63) is 102 Å². The molecule has 0 radical (unpaired) electrons. The average molecular weight is 584 g/mol. The summed E-state index contributed by atoms with van der Waals surface area (Å²) in [6, 6.07) is 22.0. The number of amides is 3. The number of H-pyrrole nitrogens is 1. The van der Waals surface area contributed by atoms with Gasteiger partial charge in [-0.1, -0.05) is 86.6 Å². The highest BCUT2D eigenvalue weighted by Gasteiger charge is 2.28. The molecule has 3 atom stereocenters. The number of hydrogen-bond acceptors (Lipinski definition) is 5. The molecule has 0 aliphatic heterocycles. The monoisotopic (exact) mass is 583 g/mol. The molecule has 0 saturated heterocycles. The molecule has 5 N–H and O–H groups in total. The van der Waals surface area contributed by atoms with Crippen LogP contribution in [-0.2, 0) is 33.6 Å². The third-order valence-electron chi connectivity index (χ3n) is 7.40. The Hall–Kier alpha value is -4.50. The van der Waals surface area contributed by atoms with Crippen molar-refractivity contribution in [2.45, 2.75) is 51.6 Å². The molecule has 4 aromatic rings. The number of aromatic amines is 1. The molecule has 3 amide bonds. The Morgan fingerprint density at radius 3 is 2.35 bits per heavy atom. The third-order valence-corrected chi connectivity index (χ3v) is 7.40. The first kappa shape index (κ1) is 31.4. The lowest BCUT2D eigenvalue weighted by Gasteiger charge is -2.25. The Kier molecular flexibility index (Phi) is 11.4. The number of aromatic nitrogens is 2. The van der Waals surface area contributed by atoms with E-state index in [0.717, 1.165) is 21.9 Å². The molecule has 0 spiro atoms. The fourth-order valence-electron chi connectivity index (χ4n) is 5.24. The van der Waals surface area contributed by atoms with Crippen molar-refractivity contribution in [1.29, 1.82) is 0 Å². The summed E-state index contributed by atoms with van der Waals surface area (Å²) in [6.45, 7) is 3.93. The van der Waals surface area contributed by atoms with Gasteiger partial charge in [-0.05, 0) is 40.7 Å². The summed E-state index contributed by atoms with van der Waals surface area (Å²) in [7, 11) is 0. The van der Waals surface area contributed by atoms with Crippen LogP contribution in [0, 0.1) is 11.8 Å². The summed E-state index contributed by atoms with van der Waals surface area (Å²) in [5.74, 6) is -1.31. The number of nitrogens with one attached hydrogen (secondary N) is 4. The van der Waals surface area contributed by atoms with Gasteiger partial charge in [0.2, 0.25) is 17.7 Å². The van der Waals surface area contributed by atoms with Crippen LogP contribution < -0.4 is 16.0 Å². The largest absolute Gasteiger partial charge is 0.394 e. The topological polar surface area (TPSA) is 136 Å². The van der Waals surface area contributed by atoms with Gasteiger partial charge in [0.1, 0.15) is 6.04 Å². The van der Waals surface area contributed by atoms with Crippen molar-refractivity contribution in [2.75, 3.05) is 13.2 Å². The molecule has 1 aromatic heterocycles. The molecular weight excluding hydrogens is 542 g/mol. The average Bonchev–Trinajstić information content (AvgIpc) is 3.52. The number of benzene rings is 3. The zero-order chi connectivity index (χ0) is 30.6. The zero-order valence-corrected chi connectivity index (χ0v) is 24.8. The van der Waals surface area contributed by atoms with Crippen LogP contribution in [0.5, 0.6) is 0 Å². The maximum absolute atomic E-state index is 13.9. The number of nitrogens with zero attached hydrogens (tertiary/aromatic N) is 1. The molecule has 9 heteroatoms. The van der Waals surface area contributed by atoms with Gasteiger partial charge in [-0.25, -0.2) is 4.98 Å². The first-order valence-electron chi connectivity index (χ1n) is 14.8. The van der Waals surface area contributed by atoms with Gasteiger partial charge in [0, 0.05) is 24.9 Å². The van der Waals surface area contributed by atoms with Crippen molar-refractivity contribution < 1.29 is 19.5 Å². The second-order valence-corrected chi connectivity index (χ2v) is 11.4. The standard InChI is InChI=1S/C34H41N5O4/c1-23(2)15-29(21-40)38-34(43)31(18-28-20-35-22-37-28)39-33(42)27(19-36-32(41)16-24-9-4-3-5-10-24)17-26-13-8-12-25-11-6-7-14-30(25)26/h3-14,20,22-23,27,29,31,40H,15-19,21H2,1-2H3,(H,35,37)(H,36,41)(H,38,43)(H,39,42)/t27-,29+,31+/m1/s1. The Bertz CT molecular complexity index is 1470. The summed E-state index contributed by atoms with van der Waals surface area (Å²) in [5, 5.41) is 20.7. The van der Waals surface area contributed by atoms with Gasteiger partial charge in [0.05, 0.1) is 31.3 Å². The number of carbonyl (C=O) groups excluding carboxylic acids is 3. The van der Waals surface area contributed by atoms with Gasteiger partial charge in [-0.2, -0.15) is 0 Å². The number of aliphatic hydroxyl groups is 1. The predicted octanol–water partition coefficient (Wildman–Crippen LogP) is 3.33. The minimum absolute atomic E-state index is 0.103. The van der Waals surface area contributed by atoms with Crippen molar-refractivity contribution in [3.8, 4) is 0 Å². The lowest BCUT2D eigenvalue weighted by Crippen LogP contribution is -2.54. The SMILES string of the molecule is CC(C)C[C@@H](CO)NC(=O)[C@H](Cc1cnc[nH]1)NC(=O)[C@@H](CNC(=O)Cc1ccccc1)Cc1cccc2ccccc12. The molecule has 4 rings (SSSR count). The molecule has 0 fully saturated rings. The van der Waals surface area contributed by atoms with Gasteiger partial charge in [0.25, 0.3) is 0 Å². The molecule has 0 unspecified atom stereocenters. The molecule has 1 heterocycles. The second-order valence-electron chi connectivity index (χ2n) is 11.4. The Labute approximate surface area is 252 Å². The minimum Gasteiger partial charge on any atom is -0.394 e. The van der Waals surface area contributed by atoms with E-state index in [1.165, 1.54) is 6.33 Å². The van der Waals surface area contributed by atoms with E-state index in [1.54, 1.807) is 6.20 Å². The van der Waals surface area contributed by atoms with Crippen LogP contribution >= 0.6 is 0 Å². The third kappa shape index (κ3) is 9.51. The molecular formula is C34H41N5O4. The van der Waals surface area contributed by atoms with Crippen molar-refractivity contribution >= 4 is 28.5 Å². The fourth-order valence-corrected chi connectivity index (χ4v) is 5.24. The van der Waals surface area contributed by atoms with E-state index in [-0.39, 0.29) is 49.6 Å². The molecule has 0 bridgehead atoms. The quantitative estimate of drug-likeness (QED) is 0.146. The first-order chi connectivity index (χ1) is 20.8. The van der Waals surface area contributed by atoms with E-state index in [9.17, 15) is 19.5 Å². The highest BCUT2D eigenvalue weighted by Crippen LogP contribution is 2.22. The van der Waals surface area contributed by atoms with Crippen molar-refractivity contribution in [2.24, 2.45) is 11.8 Å². The number of imidazole rings is 1. The van der Waals surface area contributed by atoms with Gasteiger partial charge >= 0.3 is 0 Å². The normalized spacial score (nSPS) is 13.3. The summed E-state index contributed by atoms with van der Waals surface area (Å²) in [4.78, 5) is 47.2. The summed E-state index contributed by atoms with van der Waals surface area (Å²) in [6.07, 6.45) is 4.49. The van der Waals surface area contributed by atoms with Gasteiger partial charge < -0.3 is 26.0 Å². The smallest absolute Gasteiger partial charge is 0.243 e. The van der Waals surface area contributed by atoms with E-state index in [4.69, 9.17) is 0 Å². The minimum atomic E-state index is -0.913. The van der Waals surface area contributed by atoms with E-state index in [0.29, 0.717) is 18.5 Å². The molecule has 0 aliphatic carbocycles. The number of carbonyl (C=O) groups is 3. The number of fused-ring (bicyclic) bond motifs is 1. The summed E-state index contributed by atoms with van der Waals surface area (Å²) < 4.78 is 0. The van der Waals surface area contributed by atoms with Gasteiger partial charge in [0.15, 0.2) is 0 Å². The molecule has 3 aromatic carbocycles. The summed E-state index contributed by atoms with van der Waals surface area (Å²) in [5.41, 5.74) is 2.54. The molecule has 43 heavy (non-hydrogen) atoms. The van der Waals surface area contributed by atoms with E-state index in [1.807, 2.05) is 86.6 Å². The fraction of sp³-hybridized carbons (Fsp3) is 0.353. The molecule has 9 nitrogen and oxygen atoms in total. The number of aliphatic hydroxyl groups excluding tert-OH is 1. The molecule has 0 aliphatic rings. The number of hydrogen-bond donors (Lipinski definition) is 5. The van der Waals surface area contributed by atoms with Gasteiger partial charge in [-0.15, -0.1) is 0 Å². The van der Waals surface area contributed by atoms with E-state index < -0.39 is 18.0 Å². The Morgan fingerprint density at radius 2 is 1.63 bits per heavy atom. The zero-order valence-electron chi connectivity index (χ0n) is 24.8. The maximum Gasteiger partial charge on any atom is 0.243 e. The van der Waals surface area contributed by atoms with Crippen molar-refractivity contribution in [1.82, 2.24) is 25.9 Å². The molecule has 226 valence electrons. The Balaban J connectivity index is 1.54. The molecule has 0 saturated carbocycles. The van der Waals surface area contributed by atoms with Gasteiger partial charge in [-0.3, -0.25) is 14.4 Å². The highest BCUT2D eigenvalue weighted by molar-refractivity contribution is 5.90. The van der Waals surface area contributed by atoms with Crippen LogP contribution in [0.1, 0.15) is 37.1 Å². The van der Waals surface area contributed by atoms with Crippen LogP contribution in [0.4, 0.5) is 0 Å². The number of rotatable bonds is 15. The lowest BCUT2D eigenvalue weighted by atomic mass is 9.93. The predicted molar refractivity (Wildman–Crippen MR) is 167 cm³/mol. The highest BCUT2D eigenvalue weighted by atomic mass is 16.3. The van der Waals surface area contributed by atoms with Crippen LogP contribution in [0.15, 0.2) is 85.3 Å². The van der Waals surface area contributed by atoms with Crippen molar-refractivity contribution in [3.63, 3.8) is 0 Å². The second kappa shape index (κ2) is 15.7. The van der Waals surface area contributed by atoms with E-state index >= 15 is 0 Å². The van der Waals surface area contributed by atoms with Crippen LogP contribution in [0.2, 0.25) is 0 Å². The maximum atomic E-state index is 13.9. The lowest BCUT2D eigenvalue weighted by molar-refractivity contribution is -0.132. The first-order valence-corrected chi connectivity index (χ1v) is 14.8. The van der Waals surface area contributed by atoms with E-state index in [2.05, 4.69) is 25.9 Å². The van der Waals surface area contributed by atoms with Crippen LogP contribution in [0.3, 0.4) is 0 Å². The Morgan fingerprint density at radius 1 is 0.884 bits per heavy atom. The van der Waals surface area contributed by atoms with Crippen LogP contribution in [0.25, 0.3) is 10.8 Å². The van der Waals surface area contributed by atoms with Crippen LogP contribution in [-0.4, -0.2) is 58.0 Å². The summed E-state index contributed by atoms with van der Waals surface area (Å²) >= 11 is 0.